The first-order chi connectivity index (χ1) is 10.6. The Morgan fingerprint density at radius 1 is 1.00 bits per heavy atom. The number of methoxy groups -OCH3 is 1. The normalized spacial score (nSPS) is 10.5. The lowest BCUT2D eigenvalue weighted by molar-refractivity contribution is -0.129. The molecule has 0 fully saturated rings. The summed E-state index contributed by atoms with van der Waals surface area (Å²) in [6.45, 7) is 2.00. The van der Waals surface area contributed by atoms with Crippen molar-refractivity contribution in [3.8, 4) is 11.5 Å². The van der Waals surface area contributed by atoms with Gasteiger partial charge in [0.25, 0.3) is 0 Å². The van der Waals surface area contributed by atoms with Crippen molar-refractivity contribution in [1.29, 1.82) is 0 Å². The van der Waals surface area contributed by atoms with E-state index >= 15 is 0 Å². The molecular weight excluding hydrogens is 280 g/mol. The standard InChI is InChI=1S/C18H16O4/c1-13-3-5-14(6-4-13)8-10-18(20)22-16-9-7-15(12-19)11-17(16)21-2/h3-12H,1-2H3/b10-8-. The second-order valence-electron chi connectivity index (χ2n) is 4.69. The number of benzene rings is 2. The van der Waals surface area contributed by atoms with Crippen LogP contribution >= 0.6 is 0 Å². The zero-order valence-electron chi connectivity index (χ0n) is 12.4. The monoisotopic (exact) mass is 296 g/mol. The number of esters is 1. The molecule has 0 aromatic heterocycles. The van der Waals surface area contributed by atoms with E-state index in [-0.39, 0.29) is 5.75 Å². The van der Waals surface area contributed by atoms with Crippen LogP contribution < -0.4 is 9.47 Å². The Bertz CT molecular complexity index is 700. The van der Waals surface area contributed by atoms with Crippen LogP contribution in [0, 0.1) is 6.92 Å². The molecule has 0 aliphatic rings. The molecule has 0 N–H and O–H groups in total. The molecule has 0 spiro atoms. The summed E-state index contributed by atoms with van der Waals surface area (Å²) in [5.41, 5.74) is 2.51. The molecular formula is C18H16O4. The minimum Gasteiger partial charge on any atom is -0.493 e. The highest BCUT2D eigenvalue weighted by atomic mass is 16.6. The first-order valence-electron chi connectivity index (χ1n) is 6.72. The van der Waals surface area contributed by atoms with Crippen LogP contribution in [0.15, 0.2) is 48.5 Å². The summed E-state index contributed by atoms with van der Waals surface area (Å²) in [6, 6.07) is 12.4. The zero-order valence-corrected chi connectivity index (χ0v) is 12.4. The third-order valence-electron chi connectivity index (χ3n) is 3.02. The summed E-state index contributed by atoms with van der Waals surface area (Å²) in [6.07, 6.45) is 3.72. The Labute approximate surface area is 129 Å². The average molecular weight is 296 g/mol. The van der Waals surface area contributed by atoms with Crippen LogP contribution in [0.1, 0.15) is 21.5 Å². The molecule has 0 heterocycles. The molecule has 0 amide bonds. The summed E-state index contributed by atoms with van der Waals surface area (Å²) in [5.74, 6) is 0.0890. The molecule has 0 aliphatic carbocycles. The maximum absolute atomic E-state index is 11.8. The number of ether oxygens (including phenoxy) is 2. The highest BCUT2D eigenvalue weighted by molar-refractivity contribution is 5.89. The number of carbonyl (C=O) groups excluding carboxylic acids is 2. The van der Waals surface area contributed by atoms with Crippen molar-refractivity contribution in [3.05, 3.63) is 65.2 Å². The minimum atomic E-state index is -0.516. The summed E-state index contributed by atoms with van der Waals surface area (Å²) < 4.78 is 10.3. The third kappa shape index (κ3) is 4.06. The number of aldehydes is 1. The first-order valence-corrected chi connectivity index (χ1v) is 6.72. The summed E-state index contributed by atoms with van der Waals surface area (Å²) >= 11 is 0. The van der Waals surface area contributed by atoms with Gasteiger partial charge < -0.3 is 9.47 Å². The molecule has 0 unspecified atom stereocenters. The maximum Gasteiger partial charge on any atom is 0.336 e. The van der Waals surface area contributed by atoms with Gasteiger partial charge in [0.1, 0.15) is 6.29 Å². The Balaban J connectivity index is 2.08. The number of aryl methyl sites for hydroxylation is 1. The topological polar surface area (TPSA) is 52.6 Å². The van der Waals surface area contributed by atoms with Gasteiger partial charge in [0.05, 0.1) is 7.11 Å². The molecule has 0 bridgehead atoms. The van der Waals surface area contributed by atoms with E-state index in [0.717, 1.165) is 11.1 Å². The van der Waals surface area contributed by atoms with E-state index in [2.05, 4.69) is 0 Å². The predicted octanol–water partition coefficient (Wildman–Crippen LogP) is 3.43. The molecule has 4 nitrogen and oxygen atoms in total. The van der Waals surface area contributed by atoms with Crippen molar-refractivity contribution in [1.82, 2.24) is 0 Å². The van der Waals surface area contributed by atoms with Gasteiger partial charge in [0.2, 0.25) is 0 Å². The molecule has 4 heteroatoms. The van der Waals surface area contributed by atoms with Crippen molar-refractivity contribution < 1.29 is 19.1 Å². The van der Waals surface area contributed by atoms with Gasteiger partial charge in [-0.15, -0.1) is 0 Å². The second-order valence-corrected chi connectivity index (χ2v) is 4.69. The number of hydrogen-bond acceptors (Lipinski definition) is 4. The highest BCUT2D eigenvalue weighted by Gasteiger charge is 2.08. The maximum atomic E-state index is 11.8. The van der Waals surface area contributed by atoms with Crippen molar-refractivity contribution >= 4 is 18.3 Å². The van der Waals surface area contributed by atoms with Crippen LogP contribution in [0.5, 0.6) is 11.5 Å². The molecule has 2 aromatic rings. The van der Waals surface area contributed by atoms with Crippen molar-refractivity contribution in [2.45, 2.75) is 6.92 Å². The van der Waals surface area contributed by atoms with E-state index in [1.54, 1.807) is 12.1 Å². The van der Waals surface area contributed by atoms with E-state index in [0.29, 0.717) is 17.6 Å². The van der Waals surface area contributed by atoms with Crippen molar-refractivity contribution in [3.63, 3.8) is 0 Å². The van der Waals surface area contributed by atoms with Crippen LogP contribution in [0.4, 0.5) is 0 Å². The van der Waals surface area contributed by atoms with Crippen LogP contribution in [-0.2, 0) is 4.79 Å². The van der Waals surface area contributed by atoms with E-state index in [9.17, 15) is 9.59 Å². The fraction of sp³-hybridized carbons (Fsp3) is 0.111. The summed E-state index contributed by atoms with van der Waals surface area (Å²) in [7, 11) is 1.45. The van der Waals surface area contributed by atoms with Gasteiger partial charge in [0, 0.05) is 11.6 Å². The molecule has 0 saturated heterocycles. The van der Waals surface area contributed by atoms with E-state index in [1.807, 2.05) is 31.2 Å². The molecule has 0 atom stereocenters. The quantitative estimate of drug-likeness (QED) is 0.367. The molecule has 112 valence electrons. The minimum absolute atomic E-state index is 0.270. The van der Waals surface area contributed by atoms with Gasteiger partial charge in [0.15, 0.2) is 11.5 Å². The number of carbonyl (C=O) groups is 2. The number of rotatable bonds is 5. The largest absolute Gasteiger partial charge is 0.493 e. The zero-order chi connectivity index (χ0) is 15.9. The molecule has 0 aliphatic heterocycles. The predicted molar refractivity (Wildman–Crippen MR) is 84.2 cm³/mol. The van der Waals surface area contributed by atoms with Gasteiger partial charge in [-0.3, -0.25) is 4.79 Å². The summed E-state index contributed by atoms with van der Waals surface area (Å²) in [5, 5.41) is 0. The highest BCUT2D eigenvalue weighted by Crippen LogP contribution is 2.27. The lowest BCUT2D eigenvalue weighted by atomic mass is 10.1. The smallest absolute Gasteiger partial charge is 0.336 e. The van der Waals surface area contributed by atoms with Crippen LogP contribution in [-0.4, -0.2) is 19.4 Å². The Kier molecular flexibility index (Phi) is 5.09. The lowest BCUT2D eigenvalue weighted by Crippen LogP contribution is -2.05. The van der Waals surface area contributed by atoms with Gasteiger partial charge in [-0.25, -0.2) is 4.79 Å². The summed E-state index contributed by atoms with van der Waals surface area (Å²) in [4.78, 5) is 22.6. The second kappa shape index (κ2) is 7.22. The Morgan fingerprint density at radius 2 is 1.68 bits per heavy atom. The third-order valence-corrected chi connectivity index (χ3v) is 3.02. The fourth-order valence-corrected chi connectivity index (χ4v) is 1.83. The van der Waals surface area contributed by atoms with Gasteiger partial charge in [-0.05, 0) is 36.8 Å². The molecule has 2 rings (SSSR count). The average Bonchev–Trinajstić information content (AvgIpc) is 2.54. The van der Waals surface area contributed by atoms with Gasteiger partial charge in [-0.2, -0.15) is 0 Å². The van der Waals surface area contributed by atoms with E-state index in [4.69, 9.17) is 9.47 Å². The van der Waals surface area contributed by atoms with Crippen LogP contribution in [0.25, 0.3) is 6.08 Å². The first kappa shape index (κ1) is 15.5. The van der Waals surface area contributed by atoms with Gasteiger partial charge in [-0.1, -0.05) is 29.8 Å². The molecule has 0 saturated carbocycles. The van der Waals surface area contributed by atoms with Crippen LogP contribution in [0.2, 0.25) is 0 Å². The number of hydrogen-bond donors (Lipinski definition) is 0. The van der Waals surface area contributed by atoms with E-state index in [1.165, 1.54) is 25.3 Å². The molecule has 22 heavy (non-hydrogen) atoms. The Morgan fingerprint density at radius 3 is 2.32 bits per heavy atom. The van der Waals surface area contributed by atoms with Gasteiger partial charge >= 0.3 is 5.97 Å². The molecule has 0 radical (unpaired) electrons. The lowest BCUT2D eigenvalue weighted by Gasteiger charge is -2.08. The SMILES string of the molecule is COc1cc(C=O)ccc1OC(=O)/C=C\c1ccc(C)cc1. The van der Waals surface area contributed by atoms with Crippen molar-refractivity contribution in [2.75, 3.05) is 7.11 Å². The van der Waals surface area contributed by atoms with Crippen LogP contribution in [0.3, 0.4) is 0 Å². The van der Waals surface area contributed by atoms with Crippen molar-refractivity contribution in [2.24, 2.45) is 0 Å². The van der Waals surface area contributed by atoms with E-state index < -0.39 is 5.97 Å². The molecule has 2 aromatic carbocycles. The Hall–Kier alpha value is -2.88. The fourth-order valence-electron chi connectivity index (χ4n) is 1.83.